The minimum Gasteiger partial charge on any atom is -0.497 e. The number of carbonyl (C=O) groups excluding carboxylic acids is 1. The Balaban J connectivity index is 3.27. The van der Waals surface area contributed by atoms with E-state index in [0.29, 0.717) is 22.3 Å². The molecule has 4 heteroatoms. The average molecular weight is 258 g/mol. The van der Waals surface area contributed by atoms with Crippen LogP contribution in [-0.4, -0.2) is 18.2 Å². The van der Waals surface area contributed by atoms with Crippen LogP contribution in [0.15, 0.2) is 12.1 Å². The highest BCUT2D eigenvalue weighted by molar-refractivity contribution is 9.09. The lowest BCUT2D eigenvalue weighted by molar-refractivity contribution is 0.102. The number of Topliss-reactive ketones (excluding diaryl/α,β-unsaturated/α-hetero) is 1. The Morgan fingerprint density at radius 1 is 1.57 bits per heavy atom. The standard InChI is InChI=1S/C10H12BrNO2/c1-6-8(10(13)5-11)3-7(14-2)4-9(6)12/h3-4H,5,12H2,1-2H3. The van der Waals surface area contributed by atoms with Gasteiger partial charge >= 0.3 is 0 Å². The van der Waals surface area contributed by atoms with E-state index < -0.39 is 0 Å². The van der Waals surface area contributed by atoms with E-state index in [1.165, 1.54) is 0 Å². The molecular formula is C10H12BrNO2. The summed E-state index contributed by atoms with van der Waals surface area (Å²) in [5, 5.41) is 0.292. The molecule has 0 heterocycles. The Labute approximate surface area is 91.4 Å². The number of methoxy groups -OCH3 is 1. The lowest BCUT2D eigenvalue weighted by Gasteiger charge is -2.09. The zero-order valence-corrected chi connectivity index (χ0v) is 9.72. The number of ether oxygens (including phenoxy) is 1. The summed E-state index contributed by atoms with van der Waals surface area (Å²) in [6.45, 7) is 1.82. The van der Waals surface area contributed by atoms with Gasteiger partial charge in [0.2, 0.25) is 0 Å². The van der Waals surface area contributed by atoms with Crippen molar-refractivity contribution in [2.45, 2.75) is 6.92 Å². The largest absolute Gasteiger partial charge is 0.497 e. The Kier molecular flexibility index (Phi) is 3.52. The van der Waals surface area contributed by atoms with E-state index in [2.05, 4.69) is 15.9 Å². The summed E-state index contributed by atoms with van der Waals surface area (Å²) < 4.78 is 5.04. The fraction of sp³-hybridized carbons (Fsp3) is 0.300. The maximum absolute atomic E-state index is 11.5. The number of halogens is 1. The number of carbonyl (C=O) groups is 1. The van der Waals surface area contributed by atoms with Crippen LogP contribution in [0.4, 0.5) is 5.69 Å². The number of hydrogen-bond acceptors (Lipinski definition) is 3. The average Bonchev–Trinajstić information content (AvgIpc) is 2.20. The third-order valence-electron chi connectivity index (χ3n) is 2.08. The van der Waals surface area contributed by atoms with Crippen LogP contribution >= 0.6 is 15.9 Å². The molecule has 0 amide bonds. The summed E-state index contributed by atoms with van der Waals surface area (Å²) in [5.41, 5.74) is 7.73. The maximum atomic E-state index is 11.5. The Hall–Kier alpha value is -1.03. The molecule has 76 valence electrons. The van der Waals surface area contributed by atoms with E-state index in [-0.39, 0.29) is 5.78 Å². The number of hydrogen-bond donors (Lipinski definition) is 1. The number of alkyl halides is 1. The second-order valence-corrected chi connectivity index (χ2v) is 3.51. The van der Waals surface area contributed by atoms with Gasteiger partial charge in [-0.05, 0) is 18.6 Å². The minimum atomic E-state index is 0.00750. The van der Waals surface area contributed by atoms with Gasteiger partial charge < -0.3 is 10.5 Å². The number of anilines is 1. The van der Waals surface area contributed by atoms with Crippen molar-refractivity contribution in [2.75, 3.05) is 18.2 Å². The quantitative estimate of drug-likeness (QED) is 0.513. The van der Waals surface area contributed by atoms with Crippen molar-refractivity contribution in [3.05, 3.63) is 23.3 Å². The molecule has 3 nitrogen and oxygen atoms in total. The predicted molar refractivity (Wildman–Crippen MR) is 60.3 cm³/mol. The smallest absolute Gasteiger partial charge is 0.173 e. The molecule has 0 fully saturated rings. The Bertz CT molecular complexity index is 363. The van der Waals surface area contributed by atoms with Crippen molar-refractivity contribution in [3.63, 3.8) is 0 Å². The van der Waals surface area contributed by atoms with E-state index in [1.807, 2.05) is 6.92 Å². The lowest BCUT2D eigenvalue weighted by Crippen LogP contribution is -2.05. The van der Waals surface area contributed by atoms with Gasteiger partial charge in [0.05, 0.1) is 12.4 Å². The number of rotatable bonds is 3. The molecular weight excluding hydrogens is 246 g/mol. The van der Waals surface area contributed by atoms with E-state index in [9.17, 15) is 4.79 Å². The highest BCUT2D eigenvalue weighted by Gasteiger charge is 2.11. The summed E-state index contributed by atoms with van der Waals surface area (Å²) >= 11 is 3.13. The second-order valence-electron chi connectivity index (χ2n) is 2.95. The summed E-state index contributed by atoms with van der Waals surface area (Å²) in [6.07, 6.45) is 0. The summed E-state index contributed by atoms with van der Waals surface area (Å²) in [5.74, 6) is 0.616. The van der Waals surface area contributed by atoms with Gasteiger partial charge in [-0.1, -0.05) is 15.9 Å². The van der Waals surface area contributed by atoms with Gasteiger partial charge in [-0.2, -0.15) is 0 Å². The van der Waals surface area contributed by atoms with Crippen molar-refractivity contribution in [3.8, 4) is 5.75 Å². The van der Waals surface area contributed by atoms with E-state index in [0.717, 1.165) is 5.56 Å². The van der Waals surface area contributed by atoms with Gasteiger partial charge in [0.1, 0.15) is 5.75 Å². The van der Waals surface area contributed by atoms with Gasteiger partial charge in [0, 0.05) is 17.3 Å². The molecule has 0 bridgehead atoms. The van der Waals surface area contributed by atoms with Crippen molar-refractivity contribution in [1.29, 1.82) is 0 Å². The Morgan fingerprint density at radius 2 is 2.21 bits per heavy atom. The molecule has 0 aromatic heterocycles. The SMILES string of the molecule is COc1cc(N)c(C)c(C(=O)CBr)c1. The van der Waals surface area contributed by atoms with Crippen molar-refractivity contribution in [1.82, 2.24) is 0 Å². The molecule has 0 saturated heterocycles. The van der Waals surface area contributed by atoms with Gasteiger partial charge in [0.25, 0.3) is 0 Å². The molecule has 0 aliphatic carbocycles. The van der Waals surface area contributed by atoms with Gasteiger partial charge in [-0.3, -0.25) is 4.79 Å². The van der Waals surface area contributed by atoms with Gasteiger partial charge in [0.15, 0.2) is 5.78 Å². The molecule has 0 aliphatic heterocycles. The highest BCUT2D eigenvalue weighted by atomic mass is 79.9. The normalized spacial score (nSPS) is 9.93. The van der Waals surface area contributed by atoms with Crippen LogP contribution in [0.1, 0.15) is 15.9 Å². The number of nitrogen functional groups attached to an aromatic ring is 1. The van der Waals surface area contributed by atoms with Crippen LogP contribution in [0.3, 0.4) is 0 Å². The molecule has 2 N–H and O–H groups in total. The number of ketones is 1. The monoisotopic (exact) mass is 257 g/mol. The second kappa shape index (κ2) is 4.46. The van der Waals surface area contributed by atoms with Crippen LogP contribution in [0, 0.1) is 6.92 Å². The van der Waals surface area contributed by atoms with Crippen LogP contribution < -0.4 is 10.5 Å². The van der Waals surface area contributed by atoms with Crippen LogP contribution in [0.25, 0.3) is 0 Å². The van der Waals surface area contributed by atoms with Gasteiger partial charge in [-0.25, -0.2) is 0 Å². The number of benzene rings is 1. The fourth-order valence-corrected chi connectivity index (χ4v) is 1.49. The topological polar surface area (TPSA) is 52.3 Å². The van der Waals surface area contributed by atoms with E-state index >= 15 is 0 Å². The first-order valence-electron chi connectivity index (χ1n) is 4.13. The molecule has 1 aromatic rings. The zero-order valence-electron chi connectivity index (χ0n) is 8.13. The van der Waals surface area contributed by atoms with E-state index in [1.54, 1.807) is 19.2 Å². The first-order chi connectivity index (χ1) is 6.60. The molecule has 0 unspecified atom stereocenters. The third kappa shape index (κ3) is 2.07. The summed E-state index contributed by atoms with van der Waals surface area (Å²) in [6, 6.07) is 3.41. The number of nitrogens with two attached hydrogens (primary N) is 1. The highest BCUT2D eigenvalue weighted by Crippen LogP contribution is 2.24. The lowest BCUT2D eigenvalue weighted by atomic mass is 10.0. The molecule has 0 aliphatic rings. The van der Waals surface area contributed by atoms with Crippen molar-refractivity contribution in [2.24, 2.45) is 0 Å². The Morgan fingerprint density at radius 3 is 2.71 bits per heavy atom. The molecule has 1 rings (SSSR count). The van der Waals surface area contributed by atoms with Crippen molar-refractivity contribution >= 4 is 27.4 Å². The zero-order chi connectivity index (χ0) is 10.7. The van der Waals surface area contributed by atoms with Crippen LogP contribution in [-0.2, 0) is 0 Å². The van der Waals surface area contributed by atoms with Gasteiger partial charge in [-0.15, -0.1) is 0 Å². The van der Waals surface area contributed by atoms with Crippen LogP contribution in [0.5, 0.6) is 5.75 Å². The molecule has 1 aromatic carbocycles. The fourth-order valence-electron chi connectivity index (χ4n) is 1.19. The molecule has 0 saturated carbocycles. The first kappa shape index (κ1) is 11.0. The predicted octanol–water partition coefficient (Wildman–Crippen LogP) is 2.16. The van der Waals surface area contributed by atoms with Crippen molar-refractivity contribution < 1.29 is 9.53 Å². The third-order valence-corrected chi connectivity index (χ3v) is 2.59. The van der Waals surface area contributed by atoms with Crippen LogP contribution in [0.2, 0.25) is 0 Å². The molecule has 14 heavy (non-hydrogen) atoms. The minimum absolute atomic E-state index is 0.00750. The maximum Gasteiger partial charge on any atom is 0.173 e. The first-order valence-corrected chi connectivity index (χ1v) is 5.25. The summed E-state index contributed by atoms with van der Waals surface area (Å²) in [4.78, 5) is 11.5. The molecule has 0 atom stereocenters. The molecule has 0 radical (unpaired) electrons. The summed E-state index contributed by atoms with van der Waals surface area (Å²) in [7, 11) is 1.55. The molecule has 0 spiro atoms. The van der Waals surface area contributed by atoms with E-state index in [4.69, 9.17) is 10.5 Å².